The van der Waals surface area contributed by atoms with Gasteiger partial charge in [0.15, 0.2) is 10.9 Å². The maximum atomic E-state index is 13.4. The number of nitrogens with zero attached hydrogens (tertiary/aromatic N) is 3. The number of benzene rings is 1. The molecule has 0 saturated heterocycles. The molecule has 0 radical (unpaired) electrons. The van der Waals surface area contributed by atoms with Gasteiger partial charge >= 0.3 is 0 Å². The summed E-state index contributed by atoms with van der Waals surface area (Å²) >= 11 is 1.55. The van der Waals surface area contributed by atoms with Crippen LogP contribution in [-0.2, 0) is 20.1 Å². The topological polar surface area (TPSA) is 51.3 Å². The Kier molecular flexibility index (Phi) is 6.28. The highest BCUT2D eigenvalue weighted by molar-refractivity contribution is 7.99. The third kappa shape index (κ3) is 4.91. The van der Waals surface area contributed by atoms with Gasteiger partial charge in [-0.05, 0) is 60.9 Å². The van der Waals surface area contributed by atoms with Crippen LogP contribution >= 0.6 is 11.8 Å². The molecule has 0 atom stereocenters. The van der Waals surface area contributed by atoms with E-state index in [2.05, 4.69) is 31.0 Å². The number of amides is 1. The second kappa shape index (κ2) is 9.27. The van der Waals surface area contributed by atoms with Crippen molar-refractivity contribution in [3.8, 4) is 0 Å². The Hall–Kier alpha value is -3.25. The molecule has 3 heterocycles. The number of carbonyl (C=O) groups excluding carboxylic acids is 1. The van der Waals surface area contributed by atoms with E-state index in [1.807, 2.05) is 54.2 Å². The lowest BCUT2D eigenvalue weighted by Gasteiger charge is -2.22. The molecule has 0 aliphatic rings. The average molecular weight is 432 g/mol. The molecule has 4 aromatic rings. The van der Waals surface area contributed by atoms with Crippen LogP contribution in [0.2, 0.25) is 0 Å². The summed E-state index contributed by atoms with van der Waals surface area (Å²) in [6, 6.07) is 17.7. The first kappa shape index (κ1) is 21.0. The van der Waals surface area contributed by atoms with Crippen LogP contribution in [0.3, 0.4) is 0 Å². The summed E-state index contributed by atoms with van der Waals surface area (Å²) in [5.41, 5.74) is 4.41. The molecule has 0 spiro atoms. The first-order chi connectivity index (χ1) is 15.0. The summed E-state index contributed by atoms with van der Waals surface area (Å²) in [4.78, 5) is 20.5. The SMILES string of the molecule is Cc1cccc(C)c1Sc1ccc(C(=O)N(Cc2cccnc2)Cc2cccn2C)o1. The molecule has 5 nitrogen and oxygen atoms in total. The fraction of sp³-hybridized carbons (Fsp3) is 0.200. The number of aromatic nitrogens is 2. The lowest BCUT2D eigenvalue weighted by molar-refractivity contribution is 0.0688. The maximum Gasteiger partial charge on any atom is 0.290 e. The van der Waals surface area contributed by atoms with E-state index in [0.29, 0.717) is 23.9 Å². The van der Waals surface area contributed by atoms with E-state index >= 15 is 0 Å². The van der Waals surface area contributed by atoms with Gasteiger partial charge in [-0.15, -0.1) is 0 Å². The van der Waals surface area contributed by atoms with Gasteiger partial charge in [-0.3, -0.25) is 9.78 Å². The first-order valence-corrected chi connectivity index (χ1v) is 10.9. The van der Waals surface area contributed by atoms with Crippen LogP contribution < -0.4 is 0 Å². The van der Waals surface area contributed by atoms with Gasteiger partial charge in [0.1, 0.15) is 0 Å². The Bertz CT molecular complexity index is 1160. The Labute approximate surface area is 186 Å². The van der Waals surface area contributed by atoms with Gasteiger partial charge in [0.2, 0.25) is 0 Å². The lowest BCUT2D eigenvalue weighted by Crippen LogP contribution is -2.30. The van der Waals surface area contributed by atoms with E-state index in [1.165, 1.54) is 11.1 Å². The zero-order valence-electron chi connectivity index (χ0n) is 17.9. The highest BCUT2D eigenvalue weighted by atomic mass is 32.2. The Morgan fingerprint density at radius 3 is 2.52 bits per heavy atom. The minimum atomic E-state index is -0.140. The van der Waals surface area contributed by atoms with Crippen LogP contribution in [0.15, 0.2) is 87.6 Å². The second-order valence-corrected chi connectivity index (χ2v) is 8.59. The number of aryl methyl sites for hydroxylation is 3. The quantitative estimate of drug-likeness (QED) is 0.381. The summed E-state index contributed by atoms with van der Waals surface area (Å²) in [5.74, 6) is 0.199. The molecule has 4 rings (SSSR count). The summed E-state index contributed by atoms with van der Waals surface area (Å²) in [6.45, 7) is 5.11. The van der Waals surface area contributed by atoms with Crippen molar-refractivity contribution in [3.05, 3.63) is 101 Å². The molecule has 31 heavy (non-hydrogen) atoms. The number of carbonyl (C=O) groups is 1. The maximum absolute atomic E-state index is 13.4. The summed E-state index contributed by atoms with van der Waals surface area (Å²) in [6.07, 6.45) is 5.50. The number of furan rings is 1. The third-order valence-corrected chi connectivity index (χ3v) is 6.46. The van der Waals surface area contributed by atoms with Crippen molar-refractivity contribution in [2.45, 2.75) is 36.9 Å². The van der Waals surface area contributed by atoms with E-state index in [0.717, 1.165) is 16.2 Å². The van der Waals surface area contributed by atoms with Crippen LogP contribution in [0.4, 0.5) is 0 Å². The average Bonchev–Trinajstić information content (AvgIpc) is 3.40. The molecule has 1 aromatic carbocycles. The molecule has 3 aromatic heterocycles. The van der Waals surface area contributed by atoms with Crippen molar-refractivity contribution in [2.75, 3.05) is 0 Å². The van der Waals surface area contributed by atoms with E-state index < -0.39 is 0 Å². The molecule has 0 unspecified atom stereocenters. The number of rotatable bonds is 7. The van der Waals surface area contributed by atoms with E-state index in [-0.39, 0.29) is 5.91 Å². The Morgan fingerprint density at radius 2 is 1.84 bits per heavy atom. The van der Waals surface area contributed by atoms with Crippen molar-refractivity contribution in [1.82, 2.24) is 14.5 Å². The van der Waals surface area contributed by atoms with Crippen LogP contribution in [-0.4, -0.2) is 20.4 Å². The first-order valence-electron chi connectivity index (χ1n) is 10.1. The largest absolute Gasteiger partial charge is 0.444 e. The van der Waals surface area contributed by atoms with Gasteiger partial charge in [0.25, 0.3) is 5.91 Å². The molecular weight excluding hydrogens is 406 g/mol. The van der Waals surface area contributed by atoms with Crippen LogP contribution in [0.25, 0.3) is 0 Å². The van der Waals surface area contributed by atoms with Gasteiger partial charge in [0.05, 0.1) is 6.54 Å². The van der Waals surface area contributed by atoms with Crippen molar-refractivity contribution >= 4 is 17.7 Å². The van der Waals surface area contributed by atoms with Gasteiger partial charge in [-0.25, -0.2) is 0 Å². The summed E-state index contributed by atoms with van der Waals surface area (Å²) in [5, 5.41) is 0.709. The Morgan fingerprint density at radius 1 is 1.03 bits per heavy atom. The number of hydrogen-bond acceptors (Lipinski definition) is 4. The molecule has 0 aliphatic carbocycles. The molecule has 1 amide bonds. The molecule has 0 aliphatic heterocycles. The molecule has 6 heteroatoms. The smallest absolute Gasteiger partial charge is 0.290 e. The fourth-order valence-corrected chi connectivity index (χ4v) is 4.40. The van der Waals surface area contributed by atoms with Crippen LogP contribution in [0.1, 0.15) is 32.9 Å². The summed E-state index contributed by atoms with van der Waals surface area (Å²) in [7, 11) is 1.98. The summed E-state index contributed by atoms with van der Waals surface area (Å²) < 4.78 is 8.00. The van der Waals surface area contributed by atoms with Crippen molar-refractivity contribution in [1.29, 1.82) is 0 Å². The Balaban J connectivity index is 1.57. The normalized spacial score (nSPS) is 10.9. The second-order valence-electron chi connectivity index (χ2n) is 7.57. The molecular formula is C25H25N3O2S. The van der Waals surface area contributed by atoms with E-state index in [4.69, 9.17) is 4.42 Å². The van der Waals surface area contributed by atoms with Crippen LogP contribution in [0, 0.1) is 13.8 Å². The predicted molar refractivity (Wildman–Crippen MR) is 122 cm³/mol. The minimum Gasteiger partial charge on any atom is -0.444 e. The molecule has 0 saturated carbocycles. The zero-order valence-corrected chi connectivity index (χ0v) is 18.7. The number of hydrogen-bond donors (Lipinski definition) is 0. The van der Waals surface area contributed by atoms with Gasteiger partial charge in [0, 0.05) is 42.8 Å². The van der Waals surface area contributed by atoms with Gasteiger partial charge < -0.3 is 13.9 Å². The molecule has 0 fully saturated rings. The van der Waals surface area contributed by atoms with E-state index in [9.17, 15) is 4.79 Å². The third-order valence-electron chi connectivity index (χ3n) is 5.19. The standard InChI is InChI=1S/C25H25N3O2S/c1-18-7-4-8-19(2)24(18)31-23-12-11-22(30-23)25(29)28(16-20-9-5-13-26-15-20)17-21-10-6-14-27(21)3/h4-15H,16-17H2,1-3H3. The van der Waals surface area contributed by atoms with Crippen LogP contribution in [0.5, 0.6) is 0 Å². The minimum absolute atomic E-state index is 0.140. The predicted octanol–water partition coefficient (Wildman–Crippen LogP) is 5.62. The fourth-order valence-electron chi connectivity index (χ4n) is 3.47. The van der Waals surface area contributed by atoms with Gasteiger partial charge in [-0.2, -0.15) is 0 Å². The molecule has 158 valence electrons. The van der Waals surface area contributed by atoms with Crippen molar-refractivity contribution in [2.24, 2.45) is 7.05 Å². The number of pyridine rings is 1. The monoisotopic (exact) mass is 431 g/mol. The van der Waals surface area contributed by atoms with Gasteiger partial charge in [-0.1, -0.05) is 36.0 Å². The molecule has 0 bridgehead atoms. The highest BCUT2D eigenvalue weighted by Crippen LogP contribution is 2.34. The van der Waals surface area contributed by atoms with E-state index in [1.54, 1.807) is 35.1 Å². The highest BCUT2D eigenvalue weighted by Gasteiger charge is 2.21. The molecule has 0 N–H and O–H groups in total. The van der Waals surface area contributed by atoms with Crippen molar-refractivity contribution < 1.29 is 9.21 Å². The van der Waals surface area contributed by atoms with Crippen molar-refractivity contribution in [3.63, 3.8) is 0 Å². The zero-order chi connectivity index (χ0) is 21.8. The lowest BCUT2D eigenvalue weighted by atomic mass is 10.2.